The van der Waals surface area contributed by atoms with Crippen LogP contribution < -0.4 is 4.90 Å². The van der Waals surface area contributed by atoms with Gasteiger partial charge in [-0.2, -0.15) is 0 Å². The lowest BCUT2D eigenvalue weighted by Gasteiger charge is -2.14. The summed E-state index contributed by atoms with van der Waals surface area (Å²) in [6.07, 6.45) is 0. The van der Waals surface area contributed by atoms with E-state index in [9.17, 15) is 9.90 Å². The van der Waals surface area contributed by atoms with Gasteiger partial charge in [-0.3, -0.25) is 0 Å². The number of rotatable bonds is 6. The molecule has 0 radical (unpaired) electrons. The second-order valence-corrected chi connectivity index (χ2v) is 5.06. The van der Waals surface area contributed by atoms with E-state index in [-0.39, 0.29) is 5.75 Å². The van der Waals surface area contributed by atoms with Crippen LogP contribution in [-0.2, 0) is 4.74 Å². The Labute approximate surface area is 124 Å². The summed E-state index contributed by atoms with van der Waals surface area (Å²) in [4.78, 5) is 13.6. The highest BCUT2D eigenvalue weighted by Crippen LogP contribution is 2.29. The third-order valence-corrected chi connectivity index (χ3v) is 3.74. The smallest absolute Gasteiger partial charge is 0.342 e. The van der Waals surface area contributed by atoms with Gasteiger partial charge in [0.05, 0.1) is 13.1 Å². The van der Waals surface area contributed by atoms with Crippen LogP contribution in [0.5, 0.6) is 5.75 Å². The van der Waals surface area contributed by atoms with Crippen molar-refractivity contribution < 1.29 is 24.0 Å². The Bertz CT molecular complexity index is 628. The number of hydrogen-bond acceptors (Lipinski definition) is 4. The van der Waals surface area contributed by atoms with Gasteiger partial charge in [-0.25, -0.2) is 4.79 Å². The zero-order valence-corrected chi connectivity index (χ0v) is 12.7. The monoisotopic (exact) mass is 292 g/mol. The Morgan fingerprint density at radius 1 is 1.33 bits per heavy atom. The number of quaternary nitrogens is 1. The number of benzene rings is 1. The summed E-state index contributed by atoms with van der Waals surface area (Å²) in [7, 11) is 0. The van der Waals surface area contributed by atoms with Gasteiger partial charge in [0.2, 0.25) is 0 Å². The van der Waals surface area contributed by atoms with Crippen molar-refractivity contribution >= 4 is 16.9 Å². The second-order valence-electron chi connectivity index (χ2n) is 5.06. The largest absolute Gasteiger partial charge is 0.508 e. The molecule has 0 saturated carbocycles. The molecule has 5 nitrogen and oxygen atoms in total. The first kappa shape index (κ1) is 15.4. The van der Waals surface area contributed by atoms with Crippen LogP contribution in [0.25, 0.3) is 11.0 Å². The van der Waals surface area contributed by atoms with Crippen LogP contribution in [-0.4, -0.2) is 37.3 Å². The minimum Gasteiger partial charge on any atom is -0.508 e. The number of aryl methyl sites for hydroxylation is 1. The maximum Gasteiger partial charge on any atom is 0.342 e. The number of phenols is 1. The fourth-order valence-electron chi connectivity index (χ4n) is 2.43. The van der Waals surface area contributed by atoms with E-state index in [1.54, 1.807) is 13.0 Å². The van der Waals surface area contributed by atoms with Crippen LogP contribution in [0.4, 0.5) is 0 Å². The quantitative estimate of drug-likeness (QED) is 0.793. The van der Waals surface area contributed by atoms with E-state index >= 15 is 0 Å². The molecule has 0 aliphatic rings. The van der Waals surface area contributed by atoms with Crippen molar-refractivity contribution in [1.29, 1.82) is 0 Å². The number of likely N-dealkylation sites (N-methyl/N-ethyl adjacent to an activating group) is 1. The standard InChI is InChI=1S/C16H21NO4/c1-4-17(5-2)8-9-20-16(19)15-11(3)21-14-7-6-12(18)10-13(14)15/h6-7,10,18H,4-5,8-9H2,1-3H3/p+1. The molecule has 114 valence electrons. The number of phenolic OH excluding ortho intramolecular Hbond substituents is 1. The van der Waals surface area contributed by atoms with Crippen molar-refractivity contribution in [3.63, 3.8) is 0 Å². The van der Waals surface area contributed by atoms with Crippen LogP contribution in [0, 0.1) is 6.92 Å². The third kappa shape index (κ3) is 3.36. The van der Waals surface area contributed by atoms with Gasteiger partial charge >= 0.3 is 5.97 Å². The van der Waals surface area contributed by atoms with Gasteiger partial charge in [0, 0.05) is 5.39 Å². The highest BCUT2D eigenvalue weighted by molar-refractivity contribution is 6.04. The fourth-order valence-corrected chi connectivity index (χ4v) is 2.43. The van der Waals surface area contributed by atoms with Crippen molar-refractivity contribution in [3.05, 3.63) is 29.5 Å². The molecule has 21 heavy (non-hydrogen) atoms. The zero-order valence-electron chi connectivity index (χ0n) is 12.7. The fraction of sp³-hybridized carbons (Fsp3) is 0.438. The number of carbonyl (C=O) groups is 1. The molecule has 0 unspecified atom stereocenters. The summed E-state index contributed by atoms with van der Waals surface area (Å²) in [5.74, 6) is 0.212. The molecule has 5 heteroatoms. The molecule has 0 saturated heterocycles. The van der Waals surface area contributed by atoms with Gasteiger partial charge in [0.15, 0.2) is 0 Å². The second kappa shape index (κ2) is 6.63. The molecule has 0 aliphatic carbocycles. The molecular formula is C16H22NO4+. The molecule has 0 atom stereocenters. The van der Waals surface area contributed by atoms with Crippen LogP contribution >= 0.6 is 0 Å². The zero-order chi connectivity index (χ0) is 15.4. The van der Waals surface area contributed by atoms with E-state index in [0.29, 0.717) is 28.9 Å². The van der Waals surface area contributed by atoms with E-state index in [2.05, 4.69) is 13.8 Å². The average Bonchev–Trinajstić information content (AvgIpc) is 2.78. The summed E-state index contributed by atoms with van der Waals surface area (Å²) in [6, 6.07) is 4.71. The Balaban J connectivity index is 2.12. The summed E-state index contributed by atoms with van der Waals surface area (Å²) >= 11 is 0. The average molecular weight is 292 g/mol. The molecule has 1 aromatic carbocycles. The van der Waals surface area contributed by atoms with Gasteiger partial charge in [-0.1, -0.05) is 0 Å². The van der Waals surface area contributed by atoms with Gasteiger partial charge < -0.3 is 19.2 Å². The number of fused-ring (bicyclic) bond motifs is 1. The summed E-state index contributed by atoms with van der Waals surface area (Å²) in [5.41, 5.74) is 0.974. The lowest BCUT2D eigenvalue weighted by Crippen LogP contribution is -3.11. The molecule has 1 heterocycles. The molecule has 0 spiro atoms. The number of aromatic hydroxyl groups is 1. The minimum absolute atomic E-state index is 0.102. The molecule has 2 N–H and O–H groups in total. The molecule has 2 rings (SSSR count). The van der Waals surface area contributed by atoms with Crippen molar-refractivity contribution in [1.82, 2.24) is 0 Å². The number of hydrogen-bond donors (Lipinski definition) is 2. The molecule has 0 amide bonds. The summed E-state index contributed by atoms with van der Waals surface area (Å²) in [5, 5.41) is 10.2. The molecule has 0 aliphatic heterocycles. The lowest BCUT2D eigenvalue weighted by atomic mass is 10.1. The SMILES string of the molecule is CC[NH+](CC)CCOC(=O)c1c(C)oc2ccc(O)cc12. The van der Waals surface area contributed by atoms with Crippen molar-refractivity contribution in [3.8, 4) is 5.75 Å². The van der Waals surface area contributed by atoms with Gasteiger partial charge in [-0.05, 0) is 39.0 Å². The lowest BCUT2D eigenvalue weighted by molar-refractivity contribution is -0.896. The highest BCUT2D eigenvalue weighted by atomic mass is 16.5. The Hall–Kier alpha value is -2.01. The predicted molar refractivity (Wildman–Crippen MR) is 79.8 cm³/mol. The number of ether oxygens (including phenoxy) is 1. The maximum atomic E-state index is 12.2. The number of esters is 1. The molecule has 1 aromatic heterocycles. The third-order valence-electron chi connectivity index (χ3n) is 3.74. The van der Waals surface area contributed by atoms with Crippen molar-refractivity contribution in [2.45, 2.75) is 20.8 Å². The molecule has 0 bridgehead atoms. The van der Waals surface area contributed by atoms with Gasteiger partial charge in [0.1, 0.15) is 35.8 Å². The van der Waals surface area contributed by atoms with E-state index in [0.717, 1.165) is 19.6 Å². The number of carbonyl (C=O) groups excluding carboxylic acids is 1. The Morgan fingerprint density at radius 3 is 2.71 bits per heavy atom. The van der Waals surface area contributed by atoms with Crippen LogP contribution in [0.2, 0.25) is 0 Å². The normalized spacial score (nSPS) is 11.2. The van der Waals surface area contributed by atoms with Gasteiger partial charge in [0.25, 0.3) is 0 Å². The van der Waals surface area contributed by atoms with Crippen molar-refractivity contribution in [2.75, 3.05) is 26.2 Å². The topological polar surface area (TPSA) is 64.1 Å². The Morgan fingerprint density at radius 2 is 2.05 bits per heavy atom. The van der Waals surface area contributed by atoms with E-state index < -0.39 is 5.97 Å². The van der Waals surface area contributed by atoms with Crippen molar-refractivity contribution in [2.24, 2.45) is 0 Å². The first-order valence-corrected chi connectivity index (χ1v) is 7.29. The van der Waals surface area contributed by atoms with E-state index in [1.165, 1.54) is 17.0 Å². The van der Waals surface area contributed by atoms with E-state index in [4.69, 9.17) is 9.15 Å². The molecule has 0 fully saturated rings. The van der Waals surface area contributed by atoms with Crippen LogP contribution in [0.3, 0.4) is 0 Å². The van der Waals surface area contributed by atoms with Gasteiger partial charge in [-0.15, -0.1) is 0 Å². The predicted octanol–water partition coefficient (Wildman–Crippen LogP) is 1.53. The summed E-state index contributed by atoms with van der Waals surface area (Å²) < 4.78 is 10.9. The van der Waals surface area contributed by atoms with E-state index in [1.807, 2.05) is 0 Å². The van der Waals surface area contributed by atoms with Crippen LogP contribution in [0.1, 0.15) is 30.0 Å². The first-order chi connectivity index (χ1) is 10.1. The highest BCUT2D eigenvalue weighted by Gasteiger charge is 2.20. The molecular weight excluding hydrogens is 270 g/mol. The maximum absolute atomic E-state index is 12.2. The molecule has 2 aromatic rings. The number of nitrogens with one attached hydrogen (secondary N) is 1. The Kier molecular flexibility index (Phi) is 4.85. The number of furan rings is 1. The minimum atomic E-state index is -0.400. The van der Waals surface area contributed by atoms with Crippen LogP contribution in [0.15, 0.2) is 22.6 Å². The first-order valence-electron chi connectivity index (χ1n) is 7.29. The summed E-state index contributed by atoms with van der Waals surface area (Å²) in [6.45, 7) is 9.13.